The molecule has 10 heteroatoms. The van der Waals surface area contributed by atoms with Crippen LogP contribution in [-0.4, -0.2) is 46.8 Å². The number of rotatable bonds is 7. The van der Waals surface area contributed by atoms with Crippen LogP contribution in [0.3, 0.4) is 0 Å². The number of aromatic nitrogens is 4. The van der Waals surface area contributed by atoms with E-state index in [9.17, 15) is 8.42 Å². The van der Waals surface area contributed by atoms with Gasteiger partial charge in [-0.3, -0.25) is 4.98 Å². The maximum atomic E-state index is 12.2. The zero-order valence-electron chi connectivity index (χ0n) is 16.6. The molecule has 0 fully saturated rings. The molecule has 2 N–H and O–H groups in total. The van der Waals surface area contributed by atoms with Crippen LogP contribution in [0.15, 0.2) is 70.1 Å². The Hall–Kier alpha value is -3.47. The van der Waals surface area contributed by atoms with Crippen molar-refractivity contribution in [2.75, 3.05) is 13.2 Å². The third-order valence-electron chi connectivity index (χ3n) is 4.47. The second-order valence-electron chi connectivity index (χ2n) is 6.61. The van der Waals surface area contributed by atoms with Gasteiger partial charge in [0.05, 0.1) is 29.1 Å². The van der Waals surface area contributed by atoms with Crippen LogP contribution in [0, 0.1) is 6.92 Å². The molecular formula is C21H19N5O4S. The summed E-state index contributed by atoms with van der Waals surface area (Å²) in [4.78, 5) is 9.07. The summed E-state index contributed by atoms with van der Waals surface area (Å²) in [5, 5.41) is 17.0. The fourth-order valence-corrected chi connectivity index (χ4v) is 3.90. The van der Waals surface area contributed by atoms with Crippen LogP contribution in [-0.2, 0) is 10.0 Å². The van der Waals surface area contributed by atoms with Gasteiger partial charge in [-0.1, -0.05) is 30.3 Å². The van der Waals surface area contributed by atoms with Gasteiger partial charge in [0.2, 0.25) is 15.9 Å². The fourth-order valence-electron chi connectivity index (χ4n) is 2.88. The number of nitrogens with one attached hydrogen (secondary N) is 1. The largest absolute Gasteiger partial charge is 0.415 e. The van der Waals surface area contributed by atoms with E-state index >= 15 is 0 Å². The van der Waals surface area contributed by atoms with Crippen molar-refractivity contribution in [3.05, 3.63) is 66.5 Å². The molecular weight excluding hydrogens is 418 g/mol. The topological polar surface area (TPSA) is 131 Å². The lowest BCUT2D eigenvalue weighted by molar-refractivity contribution is 0.301. The minimum absolute atomic E-state index is 0.0496. The van der Waals surface area contributed by atoms with Gasteiger partial charge in [0, 0.05) is 17.7 Å². The summed E-state index contributed by atoms with van der Waals surface area (Å²) in [7, 11) is -3.68. The summed E-state index contributed by atoms with van der Waals surface area (Å²) in [5.74, 6) is 0.630. The number of hydrogen-bond acceptors (Lipinski definition) is 8. The number of benzene rings is 2. The van der Waals surface area contributed by atoms with Crippen LogP contribution in [0.5, 0.6) is 0 Å². The van der Waals surface area contributed by atoms with Gasteiger partial charge >= 0.3 is 0 Å². The van der Waals surface area contributed by atoms with E-state index in [1.54, 1.807) is 25.3 Å². The average Bonchev–Trinajstić information content (AvgIpc) is 3.29. The van der Waals surface area contributed by atoms with Gasteiger partial charge in [-0.2, -0.15) is 0 Å². The van der Waals surface area contributed by atoms with Crippen molar-refractivity contribution in [2.24, 2.45) is 0 Å². The first kappa shape index (κ1) is 20.8. The zero-order chi connectivity index (χ0) is 21.8. The number of aliphatic hydroxyl groups is 1. The van der Waals surface area contributed by atoms with Gasteiger partial charge in [0.15, 0.2) is 0 Å². The quantitative estimate of drug-likeness (QED) is 0.451. The van der Waals surface area contributed by atoms with Crippen molar-refractivity contribution in [1.82, 2.24) is 24.9 Å². The molecule has 0 spiro atoms. The summed E-state index contributed by atoms with van der Waals surface area (Å²) in [5.41, 5.74) is 3.09. The Morgan fingerprint density at radius 3 is 2.39 bits per heavy atom. The first-order chi connectivity index (χ1) is 15.0. The molecule has 0 bridgehead atoms. The fraction of sp³-hybridized carbons (Fsp3) is 0.143. The Labute approximate surface area is 178 Å². The molecule has 2 heterocycles. The first-order valence-corrected chi connectivity index (χ1v) is 10.9. The molecule has 0 aliphatic rings. The molecule has 31 heavy (non-hydrogen) atoms. The molecule has 2 aromatic heterocycles. The molecule has 0 radical (unpaired) electrons. The van der Waals surface area contributed by atoms with E-state index in [1.807, 2.05) is 30.3 Å². The third kappa shape index (κ3) is 4.50. The lowest BCUT2D eigenvalue weighted by atomic mass is 10.1. The van der Waals surface area contributed by atoms with Crippen molar-refractivity contribution in [3.63, 3.8) is 0 Å². The van der Waals surface area contributed by atoms with Gasteiger partial charge < -0.3 is 9.52 Å². The van der Waals surface area contributed by atoms with Crippen LogP contribution in [0.2, 0.25) is 0 Å². The molecule has 0 aliphatic heterocycles. The summed E-state index contributed by atoms with van der Waals surface area (Å²) >= 11 is 0. The zero-order valence-corrected chi connectivity index (χ0v) is 17.4. The van der Waals surface area contributed by atoms with Gasteiger partial charge in [0.25, 0.3) is 5.89 Å². The van der Waals surface area contributed by atoms with E-state index in [-0.39, 0.29) is 23.9 Å². The van der Waals surface area contributed by atoms with E-state index in [2.05, 4.69) is 24.9 Å². The van der Waals surface area contributed by atoms with Crippen LogP contribution in [0.4, 0.5) is 0 Å². The smallest absolute Gasteiger partial charge is 0.268 e. The highest BCUT2D eigenvalue weighted by Gasteiger charge is 2.17. The van der Waals surface area contributed by atoms with Crippen molar-refractivity contribution in [1.29, 1.82) is 0 Å². The van der Waals surface area contributed by atoms with Crippen molar-refractivity contribution in [2.45, 2.75) is 11.8 Å². The monoisotopic (exact) mass is 437 g/mol. The highest BCUT2D eigenvalue weighted by atomic mass is 32.2. The number of nitrogens with zero attached hydrogens (tertiary/aromatic N) is 4. The van der Waals surface area contributed by atoms with Crippen molar-refractivity contribution in [3.8, 4) is 34.3 Å². The standard InChI is InChI=1S/C21H19N5O4S/c1-14-19(21-26-25-20(30-21)16-5-3-2-4-6-16)24-18(13-22-14)15-7-9-17(10-8-15)31(28,29)23-11-12-27/h2-10,13,23,27H,11-12H2,1H3. The van der Waals surface area contributed by atoms with Crippen LogP contribution < -0.4 is 4.72 Å². The molecule has 0 saturated heterocycles. The molecule has 158 valence electrons. The molecule has 4 rings (SSSR count). The number of hydrogen-bond donors (Lipinski definition) is 2. The molecule has 4 aromatic rings. The summed E-state index contributed by atoms with van der Waals surface area (Å²) in [6.45, 7) is 1.47. The molecule has 9 nitrogen and oxygen atoms in total. The molecule has 2 aromatic carbocycles. The molecule has 0 saturated carbocycles. The maximum Gasteiger partial charge on any atom is 0.268 e. The SMILES string of the molecule is Cc1ncc(-c2ccc(S(=O)(=O)NCCO)cc2)nc1-c1nnc(-c2ccccc2)o1. The number of aryl methyl sites for hydroxylation is 1. The van der Waals surface area contributed by atoms with Gasteiger partial charge in [-0.05, 0) is 31.2 Å². The predicted molar refractivity (Wildman–Crippen MR) is 113 cm³/mol. The minimum Gasteiger partial charge on any atom is -0.415 e. The van der Waals surface area contributed by atoms with Gasteiger partial charge in [0.1, 0.15) is 5.69 Å². The highest BCUT2D eigenvalue weighted by Crippen LogP contribution is 2.27. The third-order valence-corrected chi connectivity index (χ3v) is 5.94. The Morgan fingerprint density at radius 2 is 1.68 bits per heavy atom. The maximum absolute atomic E-state index is 12.2. The van der Waals surface area contributed by atoms with E-state index in [1.165, 1.54) is 12.1 Å². The van der Waals surface area contributed by atoms with Crippen molar-refractivity contribution < 1.29 is 17.9 Å². The second-order valence-corrected chi connectivity index (χ2v) is 8.38. The van der Waals surface area contributed by atoms with Gasteiger partial charge in [-0.15, -0.1) is 10.2 Å². The van der Waals surface area contributed by atoms with E-state index in [4.69, 9.17) is 9.52 Å². The van der Waals surface area contributed by atoms with Crippen molar-refractivity contribution >= 4 is 10.0 Å². The minimum atomic E-state index is -3.68. The first-order valence-electron chi connectivity index (χ1n) is 9.42. The second kappa shape index (κ2) is 8.72. The van der Waals surface area contributed by atoms with Crippen LogP contribution in [0.25, 0.3) is 34.3 Å². The molecule has 0 amide bonds. The van der Waals surface area contributed by atoms with E-state index in [0.29, 0.717) is 28.5 Å². The predicted octanol–water partition coefficient (Wildman–Crippen LogP) is 2.44. The lowest BCUT2D eigenvalue weighted by Gasteiger charge is -2.07. The average molecular weight is 437 g/mol. The Bertz CT molecular complexity index is 1290. The Kier molecular flexibility index (Phi) is 5.85. The lowest BCUT2D eigenvalue weighted by Crippen LogP contribution is -2.26. The molecule has 0 aliphatic carbocycles. The van der Waals surface area contributed by atoms with E-state index < -0.39 is 10.0 Å². The highest BCUT2D eigenvalue weighted by molar-refractivity contribution is 7.89. The van der Waals surface area contributed by atoms with Crippen LogP contribution >= 0.6 is 0 Å². The van der Waals surface area contributed by atoms with Gasteiger partial charge in [-0.25, -0.2) is 18.1 Å². The Balaban J connectivity index is 1.64. The normalized spacial score (nSPS) is 11.5. The molecule has 0 unspecified atom stereocenters. The molecule has 0 atom stereocenters. The summed E-state index contributed by atoms with van der Waals surface area (Å²) in [6, 6.07) is 15.6. The van der Waals surface area contributed by atoms with Crippen LogP contribution in [0.1, 0.15) is 5.69 Å². The number of sulfonamides is 1. The van der Waals surface area contributed by atoms with E-state index in [0.717, 1.165) is 5.56 Å². The summed E-state index contributed by atoms with van der Waals surface area (Å²) < 4.78 is 32.4. The Morgan fingerprint density at radius 1 is 0.968 bits per heavy atom. The number of aliphatic hydroxyl groups excluding tert-OH is 1. The summed E-state index contributed by atoms with van der Waals surface area (Å²) in [6.07, 6.45) is 1.60.